The number of nitrogens with zero attached hydrogens (tertiary/aromatic N) is 1. The molecule has 17 heavy (non-hydrogen) atoms. The fourth-order valence-corrected chi connectivity index (χ4v) is 2.81. The maximum Gasteiger partial charge on any atom is 0.0794 e. The molecule has 0 fully saturated rings. The highest BCUT2D eigenvalue weighted by Gasteiger charge is 2.18. The van der Waals surface area contributed by atoms with Crippen LogP contribution in [0.3, 0.4) is 0 Å². The molecule has 0 bridgehead atoms. The number of halogens is 2. The van der Waals surface area contributed by atoms with Crippen LogP contribution in [-0.2, 0) is 0 Å². The minimum Gasteiger partial charge on any atom is -0.306 e. The molecule has 0 amide bonds. The highest BCUT2D eigenvalue weighted by atomic mass is 35.5. The molecule has 1 aromatic carbocycles. The third kappa shape index (κ3) is 2.80. The molecule has 0 spiro atoms. The van der Waals surface area contributed by atoms with Gasteiger partial charge in [-0.15, -0.1) is 11.3 Å². The molecule has 0 aliphatic rings. The fraction of sp³-hybridized carbons (Fsp3) is 0.250. The first-order chi connectivity index (χ1) is 8.24. The molecule has 5 heteroatoms. The van der Waals surface area contributed by atoms with Crippen molar-refractivity contribution in [3.8, 4) is 0 Å². The highest BCUT2D eigenvalue weighted by molar-refractivity contribution is 7.09. The van der Waals surface area contributed by atoms with Crippen molar-refractivity contribution in [2.45, 2.75) is 13.0 Å². The van der Waals surface area contributed by atoms with Gasteiger partial charge in [0.15, 0.2) is 0 Å². The fourth-order valence-electron chi connectivity index (χ4n) is 1.68. The van der Waals surface area contributed by atoms with Crippen LogP contribution in [0.5, 0.6) is 0 Å². The number of hydrogen-bond acceptors (Lipinski definition) is 3. The Bertz CT molecular complexity index is 485. The number of hydrogen-bond donors (Lipinski definition) is 1. The second-order valence-electron chi connectivity index (χ2n) is 3.54. The van der Waals surface area contributed by atoms with Crippen LogP contribution in [0.1, 0.15) is 23.4 Å². The SMILES string of the molecule is CCNC(c1cncs1)c1cccc(Cl)c1Cl. The molecule has 1 aromatic heterocycles. The molecule has 1 atom stereocenters. The Hall–Kier alpha value is -0.610. The van der Waals surface area contributed by atoms with Crippen molar-refractivity contribution in [1.82, 2.24) is 10.3 Å². The standard InChI is InChI=1S/C12H12Cl2N2S/c1-2-16-12(10-6-15-7-17-10)8-4-3-5-9(13)11(8)14/h3-7,12,16H,2H2,1H3. The first-order valence-electron chi connectivity index (χ1n) is 5.29. The van der Waals surface area contributed by atoms with E-state index in [0.717, 1.165) is 17.0 Å². The molecule has 0 radical (unpaired) electrons. The Balaban J connectivity index is 2.43. The summed E-state index contributed by atoms with van der Waals surface area (Å²) in [5.74, 6) is 0. The van der Waals surface area contributed by atoms with E-state index in [2.05, 4.69) is 17.2 Å². The molecule has 2 aromatic rings. The van der Waals surface area contributed by atoms with E-state index in [4.69, 9.17) is 23.2 Å². The second kappa shape index (κ2) is 5.83. The molecular formula is C12H12Cl2N2S. The van der Waals surface area contributed by atoms with Crippen molar-refractivity contribution >= 4 is 34.5 Å². The van der Waals surface area contributed by atoms with Crippen molar-refractivity contribution in [1.29, 1.82) is 0 Å². The van der Waals surface area contributed by atoms with E-state index in [1.54, 1.807) is 17.4 Å². The Labute approximate surface area is 115 Å². The lowest BCUT2D eigenvalue weighted by Gasteiger charge is -2.18. The van der Waals surface area contributed by atoms with Gasteiger partial charge in [-0.1, -0.05) is 42.3 Å². The smallest absolute Gasteiger partial charge is 0.0794 e. The Morgan fingerprint density at radius 1 is 1.41 bits per heavy atom. The summed E-state index contributed by atoms with van der Waals surface area (Å²) in [6.07, 6.45) is 1.86. The predicted molar refractivity (Wildman–Crippen MR) is 74.1 cm³/mol. The van der Waals surface area contributed by atoms with Crippen molar-refractivity contribution in [2.75, 3.05) is 6.54 Å². The van der Waals surface area contributed by atoms with Crippen LogP contribution in [0.25, 0.3) is 0 Å². The van der Waals surface area contributed by atoms with Gasteiger partial charge in [-0.25, -0.2) is 0 Å². The summed E-state index contributed by atoms with van der Waals surface area (Å²) in [6, 6.07) is 5.75. The molecule has 2 nitrogen and oxygen atoms in total. The maximum absolute atomic E-state index is 6.25. The van der Waals surface area contributed by atoms with Gasteiger partial charge in [0, 0.05) is 11.1 Å². The van der Waals surface area contributed by atoms with E-state index in [9.17, 15) is 0 Å². The van der Waals surface area contributed by atoms with E-state index < -0.39 is 0 Å². The summed E-state index contributed by atoms with van der Waals surface area (Å²) in [4.78, 5) is 5.24. The zero-order valence-electron chi connectivity index (χ0n) is 9.28. The van der Waals surface area contributed by atoms with Gasteiger partial charge in [0.05, 0.1) is 21.6 Å². The van der Waals surface area contributed by atoms with E-state index in [1.807, 2.05) is 23.8 Å². The molecule has 2 rings (SSSR count). The monoisotopic (exact) mass is 286 g/mol. The molecule has 1 heterocycles. The van der Waals surface area contributed by atoms with Gasteiger partial charge in [0.25, 0.3) is 0 Å². The topological polar surface area (TPSA) is 24.9 Å². The van der Waals surface area contributed by atoms with E-state index in [0.29, 0.717) is 10.0 Å². The lowest BCUT2D eigenvalue weighted by atomic mass is 10.1. The van der Waals surface area contributed by atoms with Crippen LogP contribution in [-0.4, -0.2) is 11.5 Å². The summed E-state index contributed by atoms with van der Waals surface area (Å²) in [5, 5.41) is 4.58. The van der Waals surface area contributed by atoms with Crippen molar-refractivity contribution in [2.24, 2.45) is 0 Å². The number of aromatic nitrogens is 1. The summed E-state index contributed by atoms with van der Waals surface area (Å²) < 4.78 is 0. The Kier molecular flexibility index (Phi) is 4.40. The molecule has 0 saturated heterocycles. The van der Waals surface area contributed by atoms with Crippen LogP contribution in [0, 0.1) is 0 Å². The third-order valence-corrected chi connectivity index (χ3v) is 4.11. The molecule has 0 aliphatic carbocycles. The predicted octanol–water partition coefficient (Wildman–Crippen LogP) is 4.15. The van der Waals surface area contributed by atoms with Crippen molar-refractivity contribution in [3.05, 3.63) is 50.4 Å². The van der Waals surface area contributed by atoms with E-state index in [-0.39, 0.29) is 6.04 Å². The van der Waals surface area contributed by atoms with Gasteiger partial charge >= 0.3 is 0 Å². The number of thiazole rings is 1. The minimum absolute atomic E-state index is 0.0544. The summed E-state index contributed by atoms with van der Waals surface area (Å²) in [7, 11) is 0. The maximum atomic E-state index is 6.25. The van der Waals surface area contributed by atoms with Crippen LogP contribution in [0.2, 0.25) is 10.0 Å². The molecule has 90 valence electrons. The Morgan fingerprint density at radius 3 is 2.88 bits per heavy atom. The van der Waals surface area contributed by atoms with Gasteiger partial charge in [0.2, 0.25) is 0 Å². The van der Waals surface area contributed by atoms with Crippen LogP contribution >= 0.6 is 34.5 Å². The summed E-state index contributed by atoms with van der Waals surface area (Å²) in [5.41, 5.74) is 2.81. The van der Waals surface area contributed by atoms with Gasteiger partial charge < -0.3 is 5.32 Å². The molecular weight excluding hydrogens is 275 g/mol. The van der Waals surface area contributed by atoms with Crippen molar-refractivity contribution < 1.29 is 0 Å². The third-order valence-electron chi connectivity index (χ3n) is 2.44. The highest BCUT2D eigenvalue weighted by Crippen LogP contribution is 2.34. The zero-order chi connectivity index (χ0) is 12.3. The minimum atomic E-state index is 0.0544. The molecule has 1 N–H and O–H groups in total. The lowest BCUT2D eigenvalue weighted by molar-refractivity contribution is 0.639. The van der Waals surface area contributed by atoms with E-state index in [1.165, 1.54) is 0 Å². The number of nitrogens with one attached hydrogen (secondary N) is 1. The first kappa shape index (κ1) is 12.8. The van der Waals surface area contributed by atoms with Gasteiger partial charge in [0.1, 0.15) is 0 Å². The first-order valence-corrected chi connectivity index (χ1v) is 6.93. The van der Waals surface area contributed by atoms with Crippen LogP contribution in [0.4, 0.5) is 0 Å². The summed E-state index contributed by atoms with van der Waals surface area (Å²) >= 11 is 13.9. The van der Waals surface area contributed by atoms with E-state index >= 15 is 0 Å². The Morgan fingerprint density at radius 2 is 2.24 bits per heavy atom. The largest absolute Gasteiger partial charge is 0.306 e. The second-order valence-corrected chi connectivity index (χ2v) is 5.24. The zero-order valence-corrected chi connectivity index (χ0v) is 11.6. The van der Waals surface area contributed by atoms with Crippen LogP contribution < -0.4 is 5.32 Å². The average Bonchev–Trinajstić information content (AvgIpc) is 2.84. The number of rotatable bonds is 4. The molecule has 1 unspecified atom stereocenters. The normalized spacial score (nSPS) is 12.6. The average molecular weight is 287 g/mol. The molecule has 0 aliphatic heterocycles. The summed E-state index contributed by atoms with van der Waals surface area (Å²) in [6.45, 7) is 2.91. The van der Waals surface area contributed by atoms with Gasteiger partial charge in [-0.05, 0) is 18.2 Å². The van der Waals surface area contributed by atoms with Gasteiger partial charge in [-0.2, -0.15) is 0 Å². The number of benzene rings is 1. The van der Waals surface area contributed by atoms with Crippen LogP contribution in [0.15, 0.2) is 29.9 Å². The van der Waals surface area contributed by atoms with Gasteiger partial charge in [-0.3, -0.25) is 4.98 Å². The van der Waals surface area contributed by atoms with Crippen molar-refractivity contribution in [3.63, 3.8) is 0 Å². The molecule has 0 saturated carbocycles. The lowest BCUT2D eigenvalue weighted by Crippen LogP contribution is -2.21. The quantitative estimate of drug-likeness (QED) is 0.913.